The van der Waals surface area contributed by atoms with Crippen LogP contribution in [0.15, 0.2) is 35.5 Å². The summed E-state index contributed by atoms with van der Waals surface area (Å²) in [5, 5.41) is 0. The summed E-state index contributed by atoms with van der Waals surface area (Å²) in [5.41, 5.74) is 3.22. The van der Waals surface area contributed by atoms with E-state index in [4.69, 9.17) is 4.74 Å². The molecule has 2 saturated heterocycles. The third-order valence-corrected chi connectivity index (χ3v) is 11.5. The Morgan fingerprint density at radius 3 is 2.25 bits per heavy atom. The van der Waals surface area contributed by atoms with Gasteiger partial charge in [0.25, 0.3) is 0 Å². The zero-order valence-corrected chi connectivity index (χ0v) is 23.1. The smallest absolute Gasteiger partial charge is 0.243 e. The third-order valence-electron chi connectivity index (χ3n) is 7.49. The number of sulfonamides is 2. The first-order valence-corrected chi connectivity index (χ1v) is 15.4. The second-order valence-electron chi connectivity index (χ2n) is 9.69. The summed E-state index contributed by atoms with van der Waals surface area (Å²) in [6, 6.07) is 5.63. The molecule has 0 amide bonds. The lowest BCUT2D eigenvalue weighted by atomic mass is 10.1. The van der Waals surface area contributed by atoms with Crippen LogP contribution >= 0.6 is 0 Å². The Bertz CT molecular complexity index is 1290. The van der Waals surface area contributed by atoms with Crippen LogP contribution in [-0.2, 0) is 20.0 Å². The number of rotatable bonds is 8. The van der Waals surface area contributed by atoms with Crippen molar-refractivity contribution < 1.29 is 21.6 Å². The molecule has 3 heterocycles. The molecule has 2 aliphatic heterocycles. The van der Waals surface area contributed by atoms with Gasteiger partial charge in [0.1, 0.15) is 5.75 Å². The fourth-order valence-electron chi connectivity index (χ4n) is 5.23. The standard InChI is InChI=1S/C25H36N4O5S2/c1-19-17-24(34-4)20(2)21(3)25(19)36(32,33)29-11-7-22(18-29)8-16-35(30,31)28-14-12-27(13-15-28)23-5-9-26-10-6-23/h5-6,9-10,17,22H,7-8,11-16,18H2,1-4H3. The van der Waals surface area contributed by atoms with Gasteiger partial charge >= 0.3 is 0 Å². The van der Waals surface area contributed by atoms with Gasteiger partial charge < -0.3 is 9.64 Å². The van der Waals surface area contributed by atoms with Gasteiger partial charge in [-0.1, -0.05) is 0 Å². The van der Waals surface area contributed by atoms with Crippen molar-refractivity contribution in [3.63, 3.8) is 0 Å². The molecule has 2 aromatic rings. The van der Waals surface area contributed by atoms with E-state index in [9.17, 15) is 16.8 Å². The SMILES string of the molecule is COc1cc(C)c(S(=O)(=O)N2CCC(CCS(=O)(=O)N3CCN(c4ccncc4)CC3)C2)c(C)c1C. The number of ether oxygens (including phenoxy) is 1. The fraction of sp³-hybridized carbons (Fsp3) is 0.560. The average Bonchev–Trinajstić information content (AvgIpc) is 3.36. The van der Waals surface area contributed by atoms with E-state index in [2.05, 4.69) is 9.88 Å². The van der Waals surface area contributed by atoms with E-state index in [0.717, 1.165) is 11.3 Å². The van der Waals surface area contributed by atoms with Crippen LogP contribution in [0.3, 0.4) is 0 Å². The summed E-state index contributed by atoms with van der Waals surface area (Å²) in [7, 11) is -5.50. The van der Waals surface area contributed by atoms with Crippen molar-refractivity contribution in [2.75, 3.05) is 57.0 Å². The Morgan fingerprint density at radius 2 is 1.61 bits per heavy atom. The number of anilines is 1. The quantitative estimate of drug-likeness (QED) is 0.511. The second-order valence-corrected chi connectivity index (χ2v) is 13.7. The van der Waals surface area contributed by atoms with E-state index >= 15 is 0 Å². The van der Waals surface area contributed by atoms with E-state index in [0.29, 0.717) is 73.9 Å². The van der Waals surface area contributed by atoms with Crippen molar-refractivity contribution in [3.8, 4) is 5.75 Å². The molecule has 11 heteroatoms. The van der Waals surface area contributed by atoms with Gasteiger partial charge in [-0.25, -0.2) is 16.8 Å². The van der Waals surface area contributed by atoms with Crippen LogP contribution in [0.1, 0.15) is 29.5 Å². The van der Waals surface area contributed by atoms with Gasteiger partial charge in [0.05, 0.1) is 17.8 Å². The predicted octanol–water partition coefficient (Wildman–Crippen LogP) is 2.57. The first kappa shape index (κ1) is 26.8. The Kier molecular flexibility index (Phi) is 7.94. The highest BCUT2D eigenvalue weighted by Gasteiger charge is 2.36. The molecule has 36 heavy (non-hydrogen) atoms. The first-order valence-electron chi connectivity index (χ1n) is 12.3. The number of methoxy groups -OCH3 is 1. The minimum absolute atomic E-state index is 0.0209. The van der Waals surface area contributed by atoms with Crippen molar-refractivity contribution >= 4 is 25.7 Å². The Balaban J connectivity index is 1.35. The summed E-state index contributed by atoms with van der Waals surface area (Å²) < 4.78 is 61.6. The van der Waals surface area contributed by atoms with Gasteiger partial charge in [0.15, 0.2) is 0 Å². The summed E-state index contributed by atoms with van der Waals surface area (Å²) >= 11 is 0. The molecule has 0 N–H and O–H groups in total. The normalized spacial score (nSPS) is 20.1. The summed E-state index contributed by atoms with van der Waals surface area (Å²) in [5.74, 6) is 0.739. The highest BCUT2D eigenvalue weighted by Crippen LogP contribution is 2.34. The molecule has 2 aliphatic rings. The third kappa shape index (κ3) is 5.39. The predicted molar refractivity (Wildman–Crippen MR) is 140 cm³/mol. The molecule has 1 unspecified atom stereocenters. The van der Waals surface area contributed by atoms with Crippen molar-refractivity contribution in [3.05, 3.63) is 47.3 Å². The molecule has 2 fully saturated rings. The maximum absolute atomic E-state index is 13.5. The van der Waals surface area contributed by atoms with Gasteiger partial charge in [-0.3, -0.25) is 4.98 Å². The second kappa shape index (κ2) is 10.6. The van der Waals surface area contributed by atoms with Crippen LogP contribution in [-0.4, -0.2) is 82.6 Å². The Morgan fingerprint density at radius 1 is 0.944 bits per heavy atom. The lowest BCUT2D eigenvalue weighted by molar-refractivity contribution is 0.381. The van der Waals surface area contributed by atoms with E-state index in [1.165, 1.54) is 4.31 Å². The molecule has 1 aromatic heterocycles. The molecule has 0 bridgehead atoms. The number of aromatic nitrogens is 1. The highest BCUT2D eigenvalue weighted by atomic mass is 32.2. The van der Waals surface area contributed by atoms with Crippen LogP contribution in [0, 0.1) is 26.7 Å². The number of pyridine rings is 1. The minimum Gasteiger partial charge on any atom is -0.496 e. The Labute approximate surface area is 215 Å². The van der Waals surface area contributed by atoms with Crippen molar-refractivity contribution in [2.24, 2.45) is 5.92 Å². The zero-order valence-electron chi connectivity index (χ0n) is 21.5. The van der Waals surface area contributed by atoms with Crippen LogP contribution in [0.4, 0.5) is 5.69 Å². The van der Waals surface area contributed by atoms with Gasteiger partial charge in [-0.05, 0) is 74.4 Å². The Hall–Kier alpha value is -2.21. The van der Waals surface area contributed by atoms with Crippen molar-refractivity contribution in [2.45, 2.75) is 38.5 Å². The molecule has 198 valence electrons. The van der Waals surface area contributed by atoms with Gasteiger partial charge in [0, 0.05) is 57.3 Å². The van der Waals surface area contributed by atoms with Gasteiger partial charge in [-0.15, -0.1) is 0 Å². The number of nitrogens with zero attached hydrogens (tertiary/aromatic N) is 4. The number of hydrogen-bond acceptors (Lipinski definition) is 7. The number of benzene rings is 1. The molecule has 0 aliphatic carbocycles. The first-order chi connectivity index (χ1) is 17.0. The topological polar surface area (TPSA) is 100 Å². The molecule has 0 radical (unpaired) electrons. The molecular formula is C25H36N4O5S2. The molecular weight excluding hydrogens is 500 g/mol. The van der Waals surface area contributed by atoms with E-state index in [-0.39, 0.29) is 11.7 Å². The lowest BCUT2D eigenvalue weighted by Crippen LogP contribution is -2.49. The van der Waals surface area contributed by atoms with Gasteiger partial charge in [0.2, 0.25) is 20.0 Å². The highest BCUT2D eigenvalue weighted by molar-refractivity contribution is 7.89. The number of hydrogen-bond donors (Lipinski definition) is 0. The summed E-state index contributed by atoms with van der Waals surface area (Å²) in [6.07, 6.45) is 4.60. The van der Waals surface area contributed by atoms with Crippen molar-refractivity contribution in [1.82, 2.24) is 13.6 Å². The fourth-order valence-corrected chi connectivity index (χ4v) is 8.86. The zero-order chi connectivity index (χ0) is 26.1. The van der Waals surface area contributed by atoms with Gasteiger partial charge in [-0.2, -0.15) is 8.61 Å². The van der Waals surface area contributed by atoms with E-state index in [1.54, 1.807) is 36.8 Å². The summed E-state index contributed by atoms with van der Waals surface area (Å²) in [4.78, 5) is 6.53. The molecule has 1 atom stereocenters. The van der Waals surface area contributed by atoms with E-state index in [1.807, 2.05) is 26.0 Å². The van der Waals surface area contributed by atoms with Crippen LogP contribution in [0.25, 0.3) is 0 Å². The maximum atomic E-state index is 13.5. The minimum atomic E-state index is -3.68. The largest absolute Gasteiger partial charge is 0.496 e. The molecule has 0 spiro atoms. The molecule has 9 nitrogen and oxygen atoms in total. The van der Waals surface area contributed by atoms with Crippen LogP contribution in [0.5, 0.6) is 5.75 Å². The van der Waals surface area contributed by atoms with Crippen molar-refractivity contribution in [1.29, 1.82) is 0 Å². The number of piperazine rings is 1. The van der Waals surface area contributed by atoms with Crippen LogP contribution < -0.4 is 9.64 Å². The maximum Gasteiger partial charge on any atom is 0.243 e. The van der Waals surface area contributed by atoms with E-state index < -0.39 is 20.0 Å². The molecule has 0 saturated carbocycles. The summed E-state index contributed by atoms with van der Waals surface area (Å²) in [6.45, 7) is 8.39. The average molecular weight is 537 g/mol. The molecule has 4 rings (SSSR count). The monoisotopic (exact) mass is 536 g/mol. The molecule has 1 aromatic carbocycles. The lowest BCUT2D eigenvalue weighted by Gasteiger charge is -2.35. The van der Waals surface area contributed by atoms with Crippen LogP contribution in [0.2, 0.25) is 0 Å². The number of aryl methyl sites for hydroxylation is 1.